The van der Waals surface area contributed by atoms with Gasteiger partial charge in [-0.05, 0) is 48.4 Å². The van der Waals surface area contributed by atoms with Crippen molar-refractivity contribution in [3.63, 3.8) is 0 Å². The van der Waals surface area contributed by atoms with Crippen molar-refractivity contribution in [2.75, 3.05) is 12.4 Å². The molecule has 0 bridgehead atoms. The van der Waals surface area contributed by atoms with Crippen LogP contribution in [0.3, 0.4) is 0 Å². The molecule has 0 aliphatic carbocycles. The molecule has 2 aromatic carbocycles. The first-order valence-corrected chi connectivity index (χ1v) is 6.72. The summed E-state index contributed by atoms with van der Waals surface area (Å²) in [6, 6.07) is 12.4. The average Bonchev–Trinajstić information content (AvgIpc) is 2.48. The van der Waals surface area contributed by atoms with E-state index in [1.807, 2.05) is 13.0 Å². The van der Waals surface area contributed by atoms with Gasteiger partial charge in [0.05, 0.1) is 6.21 Å². The number of nitrogens with zero attached hydrogens (tertiary/aromatic N) is 1. The van der Waals surface area contributed by atoms with Crippen molar-refractivity contribution in [1.82, 2.24) is 0 Å². The number of rotatable bonds is 4. The van der Waals surface area contributed by atoms with Gasteiger partial charge >= 0.3 is 0 Å². The van der Waals surface area contributed by atoms with Crippen LogP contribution >= 0.6 is 11.6 Å². The first kappa shape index (κ1) is 15.1. The molecule has 108 valence electrons. The number of benzene rings is 2. The van der Waals surface area contributed by atoms with Gasteiger partial charge in [-0.15, -0.1) is 0 Å². The van der Waals surface area contributed by atoms with Crippen molar-refractivity contribution < 1.29 is 9.63 Å². The molecule has 0 radical (unpaired) electrons. The van der Waals surface area contributed by atoms with Crippen molar-refractivity contribution in [2.24, 2.45) is 5.16 Å². The maximum atomic E-state index is 12.2. The predicted molar refractivity (Wildman–Crippen MR) is 85.2 cm³/mol. The number of aryl methyl sites for hydroxylation is 1. The molecule has 0 spiro atoms. The summed E-state index contributed by atoms with van der Waals surface area (Å²) in [4.78, 5) is 16.8. The minimum Gasteiger partial charge on any atom is -0.399 e. The van der Waals surface area contributed by atoms with Gasteiger partial charge in [0.1, 0.15) is 7.11 Å². The Labute approximate surface area is 128 Å². The van der Waals surface area contributed by atoms with Crippen molar-refractivity contribution in [2.45, 2.75) is 6.92 Å². The SMILES string of the molecule is CO/N=C/c1ccc(C(=O)Nc2ccc(Cl)cc2C)cc1. The van der Waals surface area contributed by atoms with E-state index in [1.165, 1.54) is 7.11 Å². The number of amides is 1. The number of anilines is 1. The molecule has 0 atom stereocenters. The van der Waals surface area contributed by atoms with Crippen LogP contribution in [0.25, 0.3) is 0 Å². The Balaban J connectivity index is 2.11. The van der Waals surface area contributed by atoms with Crippen LogP contribution in [0.1, 0.15) is 21.5 Å². The highest BCUT2D eigenvalue weighted by molar-refractivity contribution is 6.30. The van der Waals surface area contributed by atoms with Crippen LogP contribution in [0, 0.1) is 6.92 Å². The van der Waals surface area contributed by atoms with E-state index in [-0.39, 0.29) is 5.91 Å². The van der Waals surface area contributed by atoms with Crippen LogP contribution < -0.4 is 5.32 Å². The van der Waals surface area contributed by atoms with Gasteiger partial charge in [0, 0.05) is 16.3 Å². The molecule has 5 heteroatoms. The largest absolute Gasteiger partial charge is 0.399 e. The summed E-state index contributed by atoms with van der Waals surface area (Å²) in [6.07, 6.45) is 1.57. The first-order chi connectivity index (χ1) is 10.1. The van der Waals surface area contributed by atoms with Gasteiger partial charge in [0.2, 0.25) is 0 Å². The van der Waals surface area contributed by atoms with Crippen molar-refractivity contribution in [3.05, 3.63) is 64.2 Å². The molecule has 21 heavy (non-hydrogen) atoms. The van der Waals surface area contributed by atoms with E-state index in [1.54, 1.807) is 42.6 Å². The second kappa shape index (κ2) is 6.90. The zero-order valence-corrected chi connectivity index (χ0v) is 12.5. The Morgan fingerprint density at radius 3 is 2.57 bits per heavy atom. The molecular formula is C16H15ClN2O2. The number of nitrogens with one attached hydrogen (secondary N) is 1. The van der Waals surface area contributed by atoms with Crippen molar-refractivity contribution in [3.8, 4) is 0 Å². The molecule has 0 saturated carbocycles. The summed E-state index contributed by atoms with van der Waals surface area (Å²) in [7, 11) is 1.48. The van der Waals surface area contributed by atoms with E-state index < -0.39 is 0 Å². The Morgan fingerprint density at radius 1 is 1.24 bits per heavy atom. The summed E-state index contributed by atoms with van der Waals surface area (Å²) >= 11 is 5.89. The first-order valence-electron chi connectivity index (χ1n) is 6.34. The van der Waals surface area contributed by atoms with Crippen LogP contribution in [0.5, 0.6) is 0 Å². The molecular weight excluding hydrogens is 288 g/mol. The fourth-order valence-corrected chi connectivity index (χ4v) is 2.02. The monoisotopic (exact) mass is 302 g/mol. The summed E-state index contributed by atoms with van der Waals surface area (Å²) < 4.78 is 0. The van der Waals surface area contributed by atoms with E-state index in [2.05, 4.69) is 15.3 Å². The lowest BCUT2D eigenvalue weighted by Crippen LogP contribution is -2.12. The van der Waals surface area contributed by atoms with Crippen LogP contribution in [0.2, 0.25) is 5.02 Å². The third-order valence-electron chi connectivity index (χ3n) is 2.92. The molecule has 0 aliphatic rings. The van der Waals surface area contributed by atoms with Gasteiger partial charge in [-0.1, -0.05) is 28.9 Å². The number of halogens is 1. The summed E-state index contributed by atoms with van der Waals surface area (Å²) in [5, 5.41) is 7.17. The highest BCUT2D eigenvalue weighted by atomic mass is 35.5. The number of hydrogen-bond acceptors (Lipinski definition) is 3. The van der Waals surface area contributed by atoms with E-state index >= 15 is 0 Å². The minimum absolute atomic E-state index is 0.171. The molecule has 0 heterocycles. The molecule has 0 fully saturated rings. The maximum Gasteiger partial charge on any atom is 0.255 e. The number of carbonyl (C=O) groups excluding carboxylic acids is 1. The highest BCUT2D eigenvalue weighted by Gasteiger charge is 2.07. The van der Waals surface area contributed by atoms with E-state index in [0.717, 1.165) is 16.8 Å². The second-order valence-electron chi connectivity index (χ2n) is 4.45. The van der Waals surface area contributed by atoms with Gasteiger partial charge in [-0.25, -0.2) is 0 Å². The lowest BCUT2D eigenvalue weighted by Gasteiger charge is -2.08. The number of hydrogen-bond donors (Lipinski definition) is 1. The fraction of sp³-hybridized carbons (Fsp3) is 0.125. The molecule has 2 rings (SSSR count). The topological polar surface area (TPSA) is 50.7 Å². The molecule has 1 N–H and O–H groups in total. The van der Waals surface area contributed by atoms with Gasteiger partial charge in [-0.3, -0.25) is 4.79 Å². The summed E-state index contributed by atoms with van der Waals surface area (Å²) in [6.45, 7) is 1.89. The fourth-order valence-electron chi connectivity index (χ4n) is 1.80. The number of carbonyl (C=O) groups is 1. The zero-order valence-electron chi connectivity index (χ0n) is 11.8. The highest BCUT2D eigenvalue weighted by Crippen LogP contribution is 2.20. The average molecular weight is 303 g/mol. The van der Waals surface area contributed by atoms with Crippen molar-refractivity contribution >= 4 is 29.4 Å². The second-order valence-corrected chi connectivity index (χ2v) is 4.89. The van der Waals surface area contributed by atoms with E-state index in [9.17, 15) is 4.79 Å². The van der Waals surface area contributed by atoms with Crippen LogP contribution in [-0.4, -0.2) is 19.2 Å². The van der Waals surface area contributed by atoms with Crippen LogP contribution in [-0.2, 0) is 4.84 Å². The summed E-state index contributed by atoms with van der Waals surface area (Å²) in [5.41, 5.74) is 3.09. The molecule has 4 nitrogen and oxygen atoms in total. The van der Waals surface area contributed by atoms with Gasteiger partial charge in [0.25, 0.3) is 5.91 Å². The Kier molecular flexibility index (Phi) is 4.95. The molecule has 0 aliphatic heterocycles. The molecule has 0 saturated heterocycles. The Bertz CT molecular complexity index is 666. The minimum atomic E-state index is -0.171. The molecule has 1 amide bonds. The Morgan fingerprint density at radius 2 is 1.95 bits per heavy atom. The van der Waals surface area contributed by atoms with Gasteiger partial charge in [0.15, 0.2) is 0 Å². The predicted octanol–water partition coefficient (Wildman–Crippen LogP) is 3.88. The van der Waals surface area contributed by atoms with Crippen molar-refractivity contribution in [1.29, 1.82) is 0 Å². The van der Waals surface area contributed by atoms with E-state index in [4.69, 9.17) is 11.6 Å². The van der Waals surface area contributed by atoms with E-state index in [0.29, 0.717) is 10.6 Å². The standard InChI is InChI=1S/C16H15ClN2O2/c1-11-9-14(17)7-8-15(11)19-16(20)13-5-3-12(4-6-13)10-18-21-2/h3-10H,1-2H3,(H,19,20)/b18-10+. The smallest absolute Gasteiger partial charge is 0.255 e. The van der Waals surface area contributed by atoms with Crippen LogP contribution in [0.4, 0.5) is 5.69 Å². The molecule has 0 unspecified atom stereocenters. The summed E-state index contributed by atoms with van der Waals surface area (Å²) in [5.74, 6) is -0.171. The Hall–Kier alpha value is -2.33. The van der Waals surface area contributed by atoms with Crippen LogP contribution in [0.15, 0.2) is 47.6 Å². The lowest BCUT2D eigenvalue weighted by atomic mass is 10.1. The quantitative estimate of drug-likeness (QED) is 0.688. The maximum absolute atomic E-state index is 12.2. The molecule has 0 aromatic heterocycles. The number of oxime groups is 1. The normalized spacial score (nSPS) is 10.6. The zero-order chi connectivity index (χ0) is 15.2. The third kappa shape index (κ3) is 4.07. The molecule has 2 aromatic rings. The van der Waals surface area contributed by atoms with Gasteiger partial charge < -0.3 is 10.2 Å². The third-order valence-corrected chi connectivity index (χ3v) is 3.15. The lowest BCUT2D eigenvalue weighted by molar-refractivity contribution is 0.102. The van der Waals surface area contributed by atoms with Gasteiger partial charge in [-0.2, -0.15) is 0 Å².